The molecule has 0 aromatic heterocycles. The van der Waals surface area contributed by atoms with Crippen LogP contribution in [-0.4, -0.2) is 22.2 Å². The van der Waals surface area contributed by atoms with Crippen molar-refractivity contribution in [3.63, 3.8) is 0 Å². The number of aryl methyl sites for hydroxylation is 2. The molecule has 0 amide bonds. The minimum absolute atomic E-state index is 0.248. The lowest BCUT2D eigenvalue weighted by Gasteiger charge is -2.23. The number of phenolic OH excluding ortho intramolecular Hbond substituents is 1. The number of nitrogens with one attached hydrogen (secondary N) is 1. The fourth-order valence-electron chi connectivity index (χ4n) is 3.15. The number of aromatic hydroxyl groups is 1. The van der Waals surface area contributed by atoms with Gasteiger partial charge in [0.1, 0.15) is 11.8 Å². The fourth-order valence-corrected chi connectivity index (χ4v) is 3.15. The number of benzene rings is 1. The molecule has 1 aliphatic rings. The first-order valence-electron chi connectivity index (χ1n) is 7.78. The third-order valence-electron chi connectivity index (χ3n) is 4.35. The van der Waals surface area contributed by atoms with Crippen LogP contribution in [-0.2, 0) is 4.79 Å². The molecule has 0 heterocycles. The van der Waals surface area contributed by atoms with Crippen LogP contribution in [0.2, 0.25) is 0 Å². The van der Waals surface area contributed by atoms with Gasteiger partial charge in [-0.05, 0) is 43.4 Å². The molecule has 0 aliphatic heterocycles. The predicted molar refractivity (Wildman–Crippen MR) is 82.6 cm³/mol. The van der Waals surface area contributed by atoms with E-state index in [-0.39, 0.29) is 11.8 Å². The van der Waals surface area contributed by atoms with Crippen molar-refractivity contribution in [3.8, 4) is 5.75 Å². The third kappa shape index (κ3) is 3.97. The number of carbonyl (C=O) groups is 1. The van der Waals surface area contributed by atoms with Crippen LogP contribution in [0.4, 0.5) is 0 Å². The standard InChI is InChI=1S/C17H25NO3/c1-11-9-13(10-12(2)16(11)19)15(17(20)21)18-14-7-5-3-4-6-8-14/h9-10,14-15,18-19H,3-8H2,1-2H3,(H,20,21). The second kappa shape index (κ2) is 6.94. The van der Waals surface area contributed by atoms with E-state index in [0.29, 0.717) is 0 Å². The number of carboxylic acid groups (broad SMARTS) is 1. The fraction of sp³-hybridized carbons (Fsp3) is 0.588. The number of hydrogen-bond donors (Lipinski definition) is 3. The van der Waals surface area contributed by atoms with Gasteiger partial charge in [0.2, 0.25) is 0 Å². The zero-order valence-electron chi connectivity index (χ0n) is 12.9. The summed E-state index contributed by atoms with van der Waals surface area (Å²) >= 11 is 0. The maximum Gasteiger partial charge on any atom is 0.325 e. The molecule has 1 atom stereocenters. The highest BCUT2D eigenvalue weighted by Gasteiger charge is 2.25. The molecule has 0 spiro atoms. The van der Waals surface area contributed by atoms with Crippen molar-refractivity contribution in [1.29, 1.82) is 0 Å². The van der Waals surface area contributed by atoms with Crippen LogP contribution >= 0.6 is 0 Å². The quantitative estimate of drug-likeness (QED) is 0.743. The van der Waals surface area contributed by atoms with E-state index in [2.05, 4.69) is 5.32 Å². The summed E-state index contributed by atoms with van der Waals surface area (Å²) < 4.78 is 0. The summed E-state index contributed by atoms with van der Waals surface area (Å²) in [7, 11) is 0. The van der Waals surface area contributed by atoms with Gasteiger partial charge < -0.3 is 10.2 Å². The van der Waals surface area contributed by atoms with Crippen LogP contribution in [0.3, 0.4) is 0 Å². The van der Waals surface area contributed by atoms with Gasteiger partial charge in [-0.15, -0.1) is 0 Å². The topological polar surface area (TPSA) is 69.6 Å². The molecule has 21 heavy (non-hydrogen) atoms. The third-order valence-corrected chi connectivity index (χ3v) is 4.35. The Morgan fingerprint density at radius 3 is 2.14 bits per heavy atom. The van der Waals surface area contributed by atoms with Crippen molar-refractivity contribution in [2.45, 2.75) is 64.5 Å². The maximum absolute atomic E-state index is 11.6. The number of hydrogen-bond acceptors (Lipinski definition) is 3. The molecule has 0 saturated heterocycles. The highest BCUT2D eigenvalue weighted by Crippen LogP contribution is 2.28. The largest absolute Gasteiger partial charge is 0.507 e. The van der Waals surface area contributed by atoms with Gasteiger partial charge >= 0.3 is 5.97 Å². The van der Waals surface area contributed by atoms with E-state index in [1.54, 1.807) is 26.0 Å². The van der Waals surface area contributed by atoms with Gasteiger partial charge in [-0.25, -0.2) is 0 Å². The van der Waals surface area contributed by atoms with Gasteiger partial charge in [0.05, 0.1) is 0 Å². The Morgan fingerprint density at radius 1 is 1.14 bits per heavy atom. The molecule has 0 radical (unpaired) electrons. The van der Waals surface area contributed by atoms with Gasteiger partial charge in [0.25, 0.3) is 0 Å². The van der Waals surface area contributed by atoms with Crippen LogP contribution in [0.25, 0.3) is 0 Å². The van der Waals surface area contributed by atoms with Gasteiger partial charge in [0.15, 0.2) is 0 Å². The Labute approximate surface area is 126 Å². The van der Waals surface area contributed by atoms with E-state index in [1.165, 1.54) is 12.8 Å². The molecule has 0 bridgehead atoms. The van der Waals surface area contributed by atoms with Crippen LogP contribution in [0.1, 0.15) is 61.3 Å². The van der Waals surface area contributed by atoms with Gasteiger partial charge in [-0.3, -0.25) is 10.1 Å². The van der Waals surface area contributed by atoms with Gasteiger partial charge in [-0.2, -0.15) is 0 Å². The van der Waals surface area contributed by atoms with Crippen molar-refractivity contribution in [2.24, 2.45) is 0 Å². The summed E-state index contributed by atoms with van der Waals surface area (Å²) in [6, 6.07) is 3.10. The zero-order valence-corrected chi connectivity index (χ0v) is 12.9. The monoisotopic (exact) mass is 291 g/mol. The molecule has 1 saturated carbocycles. The Morgan fingerprint density at radius 2 is 1.67 bits per heavy atom. The van der Waals surface area contributed by atoms with Crippen molar-refractivity contribution in [2.75, 3.05) is 0 Å². The lowest BCUT2D eigenvalue weighted by molar-refractivity contribution is -0.140. The normalized spacial score (nSPS) is 18.2. The van der Waals surface area contributed by atoms with Crippen molar-refractivity contribution >= 4 is 5.97 Å². The Hall–Kier alpha value is -1.55. The average Bonchev–Trinajstić information content (AvgIpc) is 2.70. The molecule has 4 heteroatoms. The summed E-state index contributed by atoms with van der Waals surface area (Å²) in [6.07, 6.45) is 6.90. The summed E-state index contributed by atoms with van der Waals surface area (Å²) in [5.41, 5.74) is 2.16. The minimum Gasteiger partial charge on any atom is -0.507 e. The van der Waals surface area contributed by atoms with E-state index >= 15 is 0 Å². The average molecular weight is 291 g/mol. The van der Waals surface area contributed by atoms with Crippen LogP contribution < -0.4 is 5.32 Å². The lowest BCUT2D eigenvalue weighted by Crippen LogP contribution is -2.36. The molecule has 2 rings (SSSR count). The van der Waals surface area contributed by atoms with Crippen molar-refractivity contribution in [3.05, 3.63) is 28.8 Å². The predicted octanol–water partition coefficient (Wildman–Crippen LogP) is 3.45. The van der Waals surface area contributed by atoms with Crippen LogP contribution in [0.15, 0.2) is 12.1 Å². The first kappa shape index (κ1) is 15.8. The van der Waals surface area contributed by atoms with Gasteiger partial charge in [-0.1, -0.05) is 37.8 Å². The Kier molecular flexibility index (Phi) is 5.23. The van der Waals surface area contributed by atoms with E-state index in [9.17, 15) is 15.0 Å². The summed E-state index contributed by atoms with van der Waals surface area (Å²) in [4.78, 5) is 11.6. The molecule has 1 unspecified atom stereocenters. The number of phenols is 1. The smallest absolute Gasteiger partial charge is 0.325 e. The first-order chi connectivity index (χ1) is 9.99. The SMILES string of the molecule is Cc1cc(C(NC2CCCCCC2)C(=O)O)cc(C)c1O. The van der Waals surface area contributed by atoms with E-state index in [0.717, 1.165) is 42.4 Å². The maximum atomic E-state index is 11.6. The Bertz CT molecular complexity index is 482. The number of rotatable bonds is 4. The molecule has 1 fully saturated rings. The highest BCUT2D eigenvalue weighted by molar-refractivity contribution is 5.76. The molecule has 1 aromatic rings. The molecular weight excluding hydrogens is 266 g/mol. The summed E-state index contributed by atoms with van der Waals surface area (Å²) in [6.45, 7) is 3.60. The lowest BCUT2D eigenvalue weighted by atomic mass is 9.98. The number of aliphatic carboxylic acids is 1. The van der Waals surface area contributed by atoms with Crippen molar-refractivity contribution in [1.82, 2.24) is 5.32 Å². The van der Waals surface area contributed by atoms with E-state index < -0.39 is 12.0 Å². The molecular formula is C17H25NO3. The van der Waals surface area contributed by atoms with E-state index in [4.69, 9.17) is 0 Å². The first-order valence-corrected chi connectivity index (χ1v) is 7.78. The molecule has 4 nitrogen and oxygen atoms in total. The second-order valence-corrected chi connectivity index (χ2v) is 6.13. The van der Waals surface area contributed by atoms with Gasteiger partial charge in [0, 0.05) is 6.04 Å². The molecule has 1 aliphatic carbocycles. The van der Waals surface area contributed by atoms with Crippen LogP contribution in [0.5, 0.6) is 5.75 Å². The minimum atomic E-state index is -0.858. The summed E-state index contributed by atoms with van der Waals surface area (Å²) in [5.74, 6) is -0.610. The molecule has 1 aromatic carbocycles. The Balaban J connectivity index is 2.20. The van der Waals surface area contributed by atoms with Crippen molar-refractivity contribution < 1.29 is 15.0 Å². The summed E-state index contributed by atoms with van der Waals surface area (Å²) in [5, 5.41) is 22.7. The molecule has 116 valence electrons. The van der Waals surface area contributed by atoms with Crippen LogP contribution in [0, 0.1) is 13.8 Å². The molecule has 3 N–H and O–H groups in total. The second-order valence-electron chi connectivity index (χ2n) is 6.13. The highest BCUT2D eigenvalue weighted by atomic mass is 16.4. The zero-order chi connectivity index (χ0) is 15.4. The van der Waals surface area contributed by atoms with E-state index in [1.807, 2.05) is 0 Å². The number of carboxylic acids is 1.